The number of hydrogen-bond donors (Lipinski definition) is 1. The number of aliphatic hydroxyl groups excluding tert-OH is 1. The minimum Gasteiger partial charge on any atom is -0.392 e. The molecule has 1 unspecified atom stereocenters. The largest absolute Gasteiger partial charge is 0.392 e. The van der Waals surface area contributed by atoms with Gasteiger partial charge in [0.15, 0.2) is 0 Å². The van der Waals surface area contributed by atoms with Crippen LogP contribution in [0.4, 0.5) is 0 Å². The number of aryl methyl sites for hydroxylation is 1. The molecule has 0 radical (unpaired) electrons. The molecule has 1 nitrogen and oxygen atoms in total. The van der Waals surface area contributed by atoms with Crippen molar-refractivity contribution in [1.29, 1.82) is 0 Å². The van der Waals surface area contributed by atoms with Gasteiger partial charge in [0.1, 0.15) is 0 Å². The van der Waals surface area contributed by atoms with Crippen molar-refractivity contribution in [3.8, 4) is 0 Å². The van der Waals surface area contributed by atoms with Crippen LogP contribution in [0.25, 0.3) is 0 Å². The van der Waals surface area contributed by atoms with Gasteiger partial charge in [-0.1, -0.05) is 44.5 Å². The van der Waals surface area contributed by atoms with Crippen molar-refractivity contribution in [2.24, 2.45) is 5.92 Å². The van der Waals surface area contributed by atoms with Crippen molar-refractivity contribution >= 4 is 0 Å². The molecule has 0 saturated heterocycles. The summed E-state index contributed by atoms with van der Waals surface area (Å²) in [5.74, 6) is 1.30. The van der Waals surface area contributed by atoms with Crippen LogP contribution in [0.15, 0.2) is 18.2 Å². The second-order valence-corrected chi connectivity index (χ2v) is 5.61. The van der Waals surface area contributed by atoms with Gasteiger partial charge in [-0.15, -0.1) is 0 Å². The number of fused-ring (bicyclic) bond motifs is 1. The molecule has 0 saturated carbocycles. The summed E-state index contributed by atoms with van der Waals surface area (Å²) in [7, 11) is 0. The van der Waals surface area contributed by atoms with Crippen molar-refractivity contribution in [3.05, 3.63) is 34.9 Å². The zero-order valence-corrected chi connectivity index (χ0v) is 10.7. The van der Waals surface area contributed by atoms with E-state index in [0.29, 0.717) is 17.8 Å². The molecule has 0 amide bonds. The van der Waals surface area contributed by atoms with Crippen LogP contribution in [0.1, 0.15) is 55.7 Å². The number of rotatable bonds is 1. The van der Waals surface area contributed by atoms with Gasteiger partial charge in [0, 0.05) is 5.92 Å². The predicted molar refractivity (Wildman–Crippen MR) is 67.8 cm³/mol. The fraction of sp³-hybridized carbons (Fsp3) is 0.600. The summed E-state index contributed by atoms with van der Waals surface area (Å²) in [6.07, 6.45) is 0.725. The smallest absolute Gasteiger partial charge is 0.0617 e. The van der Waals surface area contributed by atoms with Crippen molar-refractivity contribution in [2.75, 3.05) is 0 Å². The van der Waals surface area contributed by atoms with Gasteiger partial charge in [0.05, 0.1) is 6.10 Å². The molecule has 0 fully saturated rings. The van der Waals surface area contributed by atoms with Crippen LogP contribution in [0.2, 0.25) is 0 Å². The lowest BCUT2D eigenvalue weighted by Gasteiger charge is -2.36. The lowest BCUT2D eigenvalue weighted by Crippen LogP contribution is -2.30. The fourth-order valence-electron chi connectivity index (χ4n) is 3.08. The molecule has 16 heavy (non-hydrogen) atoms. The minimum atomic E-state index is -0.177. The first-order valence-corrected chi connectivity index (χ1v) is 6.29. The van der Waals surface area contributed by atoms with Crippen LogP contribution < -0.4 is 0 Å². The van der Waals surface area contributed by atoms with E-state index in [2.05, 4.69) is 45.9 Å². The average Bonchev–Trinajstić information content (AvgIpc) is 2.15. The summed E-state index contributed by atoms with van der Waals surface area (Å²) in [5, 5.41) is 10.2. The van der Waals surface area contributed by atoms with E-state index in [1.807, 2.05) is 0 Å². The van der Waals surface area contributed by atoms with Gasteiger partial charge in [-0.3, -0.25) is 0 Å². The second-order valence-electron chi connectivity index (χ2n) is 5.61. The molecule has 1 aliphatic rings. The first-order valence-electron chi connectivity index (χ1n) is 6.29. The third-order valence-electron chi connectivity index (χ3n) is 3.86. The number of aliphatic hydroxyl groups is 1. The van der Waals surface area contributed by atoms with Crippen LogP contribution in [-0.2, 0) is 0 Å². The molecule has 0 aromatic heterocycles. The lowest BCUT2D eigenvalue weighted by molar-refractivity contribution is 0.0977. The van der Waals surface area contributed by atoms with E-state index in [0.717, 1.165) is 6.42 Å². The highest BCUT2D eigenvalue weighted by atomic mass is 16.3. The number of hydrogen-bond acceptors (Lipinski definition) is 1. The SMILES string of the molecule is Cc1ccc2c(c1)[C@@H](C(C)C)C(O)C[C@@H]2C. The summed E-state index contributed by atoms with van der Waals surface area (Å²) < 4.78 is 0. The van der Waals surface area contributed by atoms with Gasteiger partial charge in [0.25, 0.3) is 0 Å². The summed E-state index contributed by atoms with van der Waals surface area (Å²) >= 11 is 0. The highest BCUT2D eigenvalue weighted by Crippen LogP contribution is 2.42. The van der Waals surface area contributed by atoms with E-state index in [9.17, 15) is 5.11 Å². The van der Waals surface area contributed by atoms with Gasteiger partial charge in [-0.25, -0.2) is 0 Å². The molecule has 0 bridgehead atoms. The molecule has 0 aliphatic heterocycles. The highest BCUT2D eigenvalue weighted by Gasteiger charge is 2.33. The quantitative estimate of drug-likeness (QED) is 0.763. The van der Waals surface area contributed by atoms with Crippen molar-refractivity contribution in [2.45, 2.75) is 52.1 Å². The maximum atomic E-state index is 10.2. The zero-order chi connectivity index (χ0) is 11.9. The van der Waals surface area contributed by atoms with E-state index in [4.69, 9.17) is 0 Å². The summed E-state index contributed by atoms with van der Waals surface area (Å²) in [6, 6.07) is 6.69. The molecule has 1 N–H and O–H groups in total. The maximum Gasteiger partial charge on any atom is 0.0617 e. The Balaban J connectivity index is 2.51. The maximum absolute atomic E-state index is 10.2. The third-order valence-corrected chi connectivity index (χ3v) is 3.86. The molecule has 88 valence electrons. The van der Waals surface area contributed by atoms with E-state index in [-0.39, 0.29) is 6.10 Å². The molecule has 3 atom stereocenters. The Hall–Kier alpha value is -0.820. The van der Waals surface area contributed by atoms with Crippen molar-refractivity contribution in [3.63, 3.8) is 0 Å². The van der Waals surface area contributed by atoms with Crippen LogP contribution in [0.3, 0.4) is 0 Å². The molecule has 0 heterocycles. The molecule has 1 heteroatoms. The third kappa shape index (κ3) is 1.89. The van der Waals surface area contributed by atoms with Crippen LogP contribution in [0, 0.1) is 12.8 Å². The van der Waals surface area contributed by atoms with Gasteiger partial charge in [-0.05, 0) is 36.3 Å². The molecule has 1 aromatic carbocycles. The van der Waals surface area contributed by atoms with Crippen LogP contribution >= 0.6 is 0 Å². The standard InChI is InChI=1S/C15H22O/c1-9(2)15-13-7-10(3)5-6-12(13)11(4)8-14(15)16/h5-7,9,11,14-16H,8H2,1-4H3/t11-,14?,15+/m0/s1. The Labute approximate surface area is 98.5 Å². The highest BCUT2D eigenvalue weighted by molar-refractivity contribution is 5.39. The molecule has 2 rings (SSSR count). The van der Waals surface area contributed by atoms with Gasteiger partial charge < -0.3 is 5.11 Å². The Kier molecular flexibility index (Phi) is 3.07. The summed E-state index contributed by atoms with van der Waals surface area (Å²) in [5.41, 5.74) is 4.11. The molecule has 1 aromatic rings. The molecule has 0 spiro atoms. The van der Waals surface area contributed by atoms with E-state index in [1.165, 1.54) is 16.7 Å². The van der Waals surface area contributed by atoms with Crippen molar-refractivity contribution < 1.29 is 5.11 Å². The molecule has 1 aliphatic carbocycles. The molecular formula is C15H22O. The van der Waals surface area contributed by atoms with Crippen LogP contribution in [-0.4, -0.2) is 11.2 Å². The average molecular weight is 218 g/mol. The Morgan fingerprint density at radius 3 is 2.56 bits per heavy atom. The van der Waals surface area contributed by atoms with Gasteiger partial charge in [0.2, 0.25) is 0 Å². The first-order chi connectivity index (χ1) is 7.50. The minimum absolute atomic E-state index is 0.177. The summed E-state index contributed by atoms with van der Waals surface area (Å²) in [6.45, 7) is 8.75. The Morgan fingerprint density at radius 1 is 1.25 bits per heavy atom. The normalized spacial score (nSPS) is 29.2. The summed E-state index contributed by atoms with van der Waals surface area (Å²) in [4.78, 5) is 0. The monoisotopic (exact) mass is 218 g/mol. The lowest BCUT2D eigenvalue weighted by atomic mass is 9.71. The van der Waals surface area contributed by atoms with Gasteiger partial charge in [-0.2, -0.15) is 0 Å². The van der Waals surface area contributed by atoms with Gasteiger partial charge >= 0.3 is 0 Å². The molecular weight excluding hydrogens is 196 g/mol. The first kappa shape index (κ1) is 11.7. The van der Waals surface area contributed by atoms with E-state index in [1.54, 1.807) is 0 Å². The van der Waals surface area contributed by atoms with E-state index >= 15 is 0 Å². The Bertz CT molecular complexity index is 381. The van der Waals surface area contributed by atoms with Crippen LogP contribution in [0.5, 0.6) is 0 Å². The number of benzene rings is 1. The van der Waals surface area contributed by atoms with Crippen molar-refractivity contribution in [1.82, 2.24) is 0 Å². The fourth-order valence-corrected chi connectivity index (χ4v) is 3.08. The zero-order valence-electron chi connectivity index (χ0n) is 10.7. The topological polar surface area (TPSA) is 20.2 Å². The Morgan fingerprint density at radius 2 is 1.94 bits per heavy atom. The van der Waals surface area contributed by atoms with E-state index < -0.39 is 0 Å². The second kappa shape index (κ2) is 4.21. The predicted octanol–water partition coefficient (Wildman–Crippen LogP) is 3.60.